The molecule has 0 radical (unpaired) electrons. The highest BCUT2D eigenvalue weighted by atomic mass is 35.5. The molecule has 0 bridgehead atoms. The van der Waals surface area contributed by atoms with E-state index in [1.807, 2.05) is 6.07 Å². The summed E-state index contributed by atoms with van der Waals surface area (Å²) in [5.74, 6) is -0.307. The zero-order chi connectivity index (χ0) is 12.0. The van der Waals surface area contributed by atoms with Crippen molar-refractivity contribution in [1.82, 2.24) is 10.6 Å². The molecule has 1 rings (SSSR count). The number of hydrogen-bond acceptors (Lipinski definition) is 2. The lowest BCUT2D eigenvalue weighted by atomic mass is 10.2. The standard InChI is InChI=1S/C10H12ClN3O2/c11-8-3-1-2-7(4-8)5-13-9(15)6-14-10(12)16/h1-4H,5-6H2,(H,13,15)(H3,12,14,16). The molecule has 0 unspecified atom stereocenters. The van der Waals surface area contributed by atoms with Gasteiger partial charge in [-0.25, -0.2) is 4.79 Å². The maximum atomic E-state index is 11.2. The van der Waals surface area contributed by atoms with E-state index in [1.54, 1.807) is 18.2 Å². The summed E-state index contributed by atoms with van der Waals surface area (Å²) in [5.41, 5.74) is 5.71. The second-order valence-corrected chi connectivity index (χ2v) is 3.56. The van der Waals surface area contributed by atoms with Crippen molar-refractivity contribution in [3.63, 3.8) is 0 Å². The fourth-order valence-corrected chi connectivity index (χ4v) is 1.29. The molecule has 0 aliphatic heterocycles. The Morgan fingerprint density at radius 2 is 2.06 bits per heavy atom. The Bertz CT molecular complexity index is 395. The third kappa shape index (κ3) is 4.65. The first-order valence-corrected chi connectivity index (χ1v) is 5.00. The molecule has 0 heterocycles. The summed E-state index contributed by atoms with van der Waals surface area (Å²) in [4.78, 5) is 21.5. The Morgan fingerprint density at radius 3 is 2.69 bits per heavy atom. The highest BCUT2D eigenvalue weighted by Gasteiger charge is 2.02. The van der Waals surface area contributed by atoms with Crippen LogP contribution in [0.1, 0.15) is 5.56 Å². The topological polar surface area (TPSA) is 84.2 Å². The summed E-state index contributed by atoms with van der Waals surface area (Å²) in [5, 5.41) is 5.42. The molecule has 0 aliphatic rings. The Kier molecular flexibility index (Phi) is 4.60. The minimum Gasteiger partial charge on any atom is -0.352 e. The van der Waals surface area contributed by atoms with Crippen molar-refractivity contribution in [3.05, 3.63) is 34.9 Å². The first kappa shape index (κ1) is 12.3. The van der Waals surface area contributed by atoms with Gasteiger partial charge < -0.3 is 16.4 Å². The lowest BCUT2D eigenvalue weighted by Crippen LogP contribution is -2.39. The van der Waals surface area contributed by atoms with Crippen molar-refractivity contribution in [3.8, 4) is 0 Å². The van der Waals surface area contributed by atoms with Gasteiger partial charge in [0.25, 0.3) is 0 Å². The Hall–Kier alpha value is -1.75. The second-order valence-electron chi connectivity index (χ2n) is 3.12. The van der Waals surface area contributed by atoms with E-state index in [0.717, 1.165) is 5.56 Å². The average Bonchev–Trinajstić information content (AvgIpc) is 2.23. The smallest absolute Gasteiger partial charge is 0.312 e. The van der Waals surface area contributed by atoms with Crippen molar-refractivity contribution in [2.24, 2.45) is 5.73 Å². The zero-order valence-electron chi connectivity index (χ0n) is 8.50. The molecule has 4 N–H and O–H groups in total. The van der Waals surface area contributed by atoms with Crippen LogP contribution in [0.3, 0.4) is 0 Å². The molecule has 6 heteroatoms. The number of benzene rings is 1. The van der Waals surface area contributed by atoms with Crippen LogP contribution in [0.2, 0.25) is 5.02 Å². The number of primary amides is 1. The normalized spacial score (nSPS) is 9.56. The van der Waals surface area contributed by atoms with Crippen molar-refractivity contribution in [1.29, 1.82) is 0 Å². The SMILES string of the molecule is NC(=O)NCC(=O)NCc1cccc(Cl)c1. The highest BCUT2D eigenvalue weighted by Crippen LogP contribution is 2.09. The molecule has 0 aliphatic carbocycles. The summed E-state index contributed by atoms with van der Waals surface area (Å²) in [6, 6.07) is 6.42. The highest BCUT2D eigenvalue weighted by molar-refractivity contribution is 6.30. The number of halogens is 1. The number of amides is 3. The molecule has 0 spiro atoms. The number of nitrogens with two attached hydrogens (primary N) is 1. The number of carbonyl (C=O) groups is 2. The molecule has 0 saturated heterocycles. The quantitative estimate of drug-likeness (QED) is 0.722. The number of urea groups is 1. The van der Waals surface area contributed by atoms with Crippen LogP contribution in [0, 0.1) is 0 Å². The van der Waals surface area contributed by atoms with Gasteiger partial charge in [0.15, 0.2) is 0 Å². The number of nitrogens with one attached hydrogen (secondary N) is 2. The van der Waals surface area contributed by atoms with Crippen LogP contribution in [-0.4, -0.2) is 18.5 Å². The third-order valence-electron chi connectivity index (χ3n) is 1.80. The second kappa shape index (κ2) is 5.97. The van der Waals surface area contributed by atoms with Gasteiger partial charge in [0, 0.05) is 11.6 Å². The molecule has 5 nitrogen and oxygen atoms in total. The van der Waals surface area contributed by atoms with Gasteiger partial charge in [-0.1, -0.05) is 23.7 Å². The lowest BCUT2D eigenvalue weighted by Gasteiger charge is -2.05. The van der Waals surface area contributed by atoms with E-state index in [2.05, 4.69) is 10.6 Å². The van der Waals surface area contributed by atoms with Crippen LogP contribution < -0.4 is 16.4 Å². The van der Waals surface area contributed by atoms with E-state index >= 15 is 0 Å². The summed E-state index contributed by atoms with van der Waals surface area (Å²) in [6.07, 6.45) is 0. The molecule has 0 aromatic heterocycles. The van der Waals surface area contributed by atoms with Crippen LogP contribution in [0.5, 0.6) is 0 Å². The van der Waals surface area contributed by atoms with Crippen LogP contribution in [0.4, 0.5) is 4.79 Å². The fourth-order valence-electron chi connectivity index (χ4n) is 1.08. The van der Waals surface area contributed by atoms with Gasteiger partial charge >= 0.3 is 6.03 Å². The first-order chi connectivity index (χ1) is 7.58. The van der Waals surface area contributed by atoms with E-state index in [1.165, 1.54) is 0 Å². The maximum absolute atomic E-state index is 11.2. The van der Waals surface area contributed by atoms with Gasteiger partial charge in [-0.05, 0) is 17.7 Å². The summed E-state index contributed by atoms with van der Waals surface area (Å²) in [6.45, 7) is 0.232. The van der Waals surface area contributed by atoms with E-state index in [-0.39, 0.29) is 12.5 Å². The van der Waals surface area contributed by atoms with E-state index in [4.69, 9.17) is 17.3 Å². The third-order valence-corrected chi connectivity index (χ3v) is 2.04. The van der Waals surface area contributed by atoms with E-state index in [0.29, 0.717) is 11.6 Å². The van der Waals surface area contributed by atoms with Crippen molar-refractivity contribution < 1.29 is 9.59 Å². The fraction of sp³-hybridized carbons (Fsp3) is 0.200. The lowest BCUT2D eigenvalue weighted by molar-refractivity contribution is -0.120. The van der Waals surface area contributed by atoms with Crippen molar-refractivity contribution in [2.45, 2.75) is 6.54 Å². The largest absolute Gasteiger partial charge is 0.352 e. The predicted molar refractivity (Wildman–Crippen MR) is 60.9 cm³/mol. The van der Waals surface area contributed by atoms with Gasteiger partial charge in [-0.2, -0.15) is 0 Å². The number of carbonyl (C=O) groups excluding carboxylic acids is 2. The van der Waals surface area contributed by atoms with Gasteiger partial charge in [-0.3, -0.25) is 4.79 Å². The maximum Gasteiger partial charge on any atom is 0.312 e. The summed E-state index contributed by atoms with van der Waals surface area (Å²) in [7, 11) is 0. The molecule has 1 aromatic rings. The molecular formula is C10H12ClN3O2. The average molecular weight is 242 g/mol. The zero-order valence-corrected chi connectivity index (χ0v) is 9.25. The van der Waals surface area contributed by atoms with Crippen LogP contribution in [0.25, 0.3) is 0 Å². The molecular weight excluding hydrogens is 230 g/mol. The first-order valence-electron chi connectivity index (χ1n) is 4.62. The Labute approximate surface area is 98.0 Å². The molecule has 16 heavy (non-hydrogen) atoms. The monoisotopic (exact) mass is 241 g/mol. The van der Waals surface area contributed by atoms with E-state index in [9.17, 15) is 9.59 Å². The Morgan fingerprint density at radius 1 is 1.31 bits per heavy atom. The predicted octanol–water partition coefficient (Wildman–Crippen LogP) is 0.625. The summed E-state index contributed by atoms with van der Waals surface area (Å²) >= 11 is 5.78. The van der Waals surface area contributed by atoms with Gasteiger partial charge in [0.1, 0.15) is 0 Å². The van der Waals surface area contributed by atoms with E-state index < -0.39 is 6.03 Å². The van der Waals surface area contributed by atoms with Crippen LogP contribution in [0.15, 0.2) is 24.3 Å². The van der Waals surface area contributed by atoms with Gasteiger partial charge in [0.05, 0.1) is 6.54 Å². The molecule has 1 aromatic carbocycles. The summed E-state index contributed by atoms with van der Waals surface area (Å²) < 4.78 is 0. The van der Waals surface area contributed by atoms with Gasteiger partial charge in [-0.15, -0.1) is 0 Å². The molecule has 0 fully saturated rings. The number of rotatable bonds is 4. The van der Waals surface area contributed by atoms with Crippen LogP contribution in [-0.2, 0) is 11.3 Å². The molecule has 0 atom stereocenters. The van der Waals surface area contributed by atoms with Crippen molar-refractivity contribution >= 4 is 23.5 Å². The minimum absolute atomic E-state index is 0.129. The molecule has 86 valence electrons. The number of hydrogen-bond donors (Lipinski definition) is 3. The van der Waals surface area contributed by atoms with Crippen LogP contribution >= 0.6 is 11.6 Å². The molecule has 3 amide bonds. The Balaban J connectivity index is 2.34. The minimum atomic E-state index is -0.724. The molecule has 0 saturated carbocycles. The van der Waals surface area contributed by atoms with Gasteiger partial charge in [0.2, 0.25) is 5.91 Å². The van der Waals surface area contributed by atoms with Crippen molar-refractivity contribution in [2.75, 3.05) is 6.54 Å².